The van der Waals surface area contributed by atoms with Gasteiger partial charge in [0, 0.05) is 6.42 Å². The minimum absolute atomic E-state index is 0.0611. The van der Waals surface area contributed by atoms with Crippen molar-refractivity contribution in [3.63, 3.8) is 0 Å². The maximum absolute atomic E-state index is 13.0. The predicted molar refractivity (Wildman–Crippen MR) is 355 cm³/mol. The number of quaternary nitrogens is 1. The van der Waals surface area contributed by atoms with Gasteiger partial charge in [-0.1, -0.05) is 317 Å². The Morgan fingerprint density at radius 2 is 0.741 bits per heavy atom. The van der Waals surface area contributed by atoms with Crippen molar-refractivity contribution in [1.82, 2.24) is 5.32 Å². The number of rotatable bonds is 62. The zero-order valence-electron chi connectivity index (χ0n) is 53.8. The van der Waals surface area contributed by atoms with Crippen LogP contribution in [0.25, 0.3) is 0 Å². The number of nitrogens with one attached hydrogen (secondary N) is 1. The third-order valence-electron chi connectivity index (χ3n) is 15.1. The van der Waals surface area contributed by atoms with E-state index >= 15 is 0 Å². The first-order valence-electron chi connectivity index (χ1n) is 34.1. The van der Waals surface area contributed by atoms with E-state index in [2.05, 4.69) is 116 Å². The number of phosphoric acid groups is 1. The van der Waals surface area contributed by atoms with Crippen LogP contribution in [0.1, 0.15) is 303 Å². The molecule has 0 aliphatic heterocycles. The van der Waals surface area contributed by atoms with E-state index < -0.39 is 20.0 Å². The quantitative estimate of drug-likeness (QED) is 0.0243. The van der Waals surface area contributed by atoms with Gasteiger partial charge in [0.2, 0.25) is 5.91 Å². The predicted octanol–water partition coefficient (Wildman–Crippen LogP) is 21.7. The van der Waals surface area contributed by atoms with Gasteiger partial charge in [0.05, 0.1) is 39.9 Å². The van der Waals surface area contributed by atoms with Crippen molar-refractivity contribution >= 4 is 13.7 Å². The van der Waals surface area contributed by atoms with Crippen LogP contribution in [-0.2, 0) is 18.4 Å². The topological polar surface area (TPSA) is 105 Å². The molecule has 0 fully saturated rings. The fraction of sp³-hybridized carbons (Fsp3) is 0.764. The number of likely N-dealkylation sites (N-methyl/N-ethyl adjacent to an activating group) is 1. The van der Waals surface area contributed by atoms with Crippen molar-refractivity contribution in [2.24, 2.45) is 0 Å². The molecule has 0 heterocycles. The number of hydrogen-bond donors (Lipinski definition) is 3. The summed E-state index contributed by atoms with van der Waals surface area (Å²) in [4.78, 5) is 23.4. The van der Waals surface area contributed by atoms with Gasteiger partial charge in [-0.3, -0.25) is 13.8 Å². The van der Waals surface area contributed by atoms with Crippen LogP contribution in [0.3, 0.4) is 0 Å². The molecule has 3 atom stereocenters. The Kier molecular flexibility index (Phi) is 60.0. The van der Waals surface area contributed by atoms with E-state index in [1.165, 1.54) is 186 Å². The number of aliphatic hydroxyl groups is 1. The summed E-state index contributed by atoms with van der Waals surface area (Å²) in [5.41, 5.74) is 0. The Balaban J connectivity index is 4.14. The number of carbonyl (C=O) groups excluding carboxylic acids is 1. The number of carbonyl (C=O) groups is 1. The zero-order chi connectivity index (χ0) is 59.1. The molecule has 0 rings (SSSR count). The van der Waals surface area contributed by atoms with Crippen molar-refractivity contribution in [3.05, 3.63) is 97.2 Å². The Bertz CT molecular complexity index is 1640. The summed E-state index contributed by atoms with van der Waals surface area (Å²) in [5.74, 6) is -0.186. The second-order valence-electron chi connectivity index (χ2n) is 24.2. The summed E-state index contributed by atoms with van der Waals surface area (Å²) in [6.45, 7) is 4.76. The van der Waals surface area contributed by atoms with E-state index in [0.29, 0.717) is 30.3 Å². The van der Waals surface area contributed by atoms with E-state index in [0.717, 1.165) is 83.5 Å². The number of allylic oxidation sites excluding steroid dienone is 16. The lowest BCUT2D eigenvalue weighted by molar-refractivity contribution is -0.870. The second-order valence-corrected chi connectivity index (χ2v) is 25.6. The van der Waals surface area contributed by atoms with Gasteiger partial charge >= 0.3 is 7.82 Å². The lowest BCUT2D eigenvalue weighted by atomic mass is 10.0. The van der Waals surface area contributed by atoms with Gasteiger partial charge in [-0.2, -0.15) is 0 Å². The average Bonchev–Trinajstić information content (AvgIpc) is 3.43. The first-order chi connectivity index (χ1) is 39.5. The summed E-state index contributed by atoms with van der Waals surface area (Å²) < 4.78 is 23.8. The molecule has 81 heavy (non-hydrogen) atoms. The lowest BCUT2D eigenvalue weighted by Gasteiger charge is -2.26. The maximum Gasteiger partial charge on any atom is 0.472 e. The Hall–Kier alpha value is -2.58. The molecule has 0 aromatic rings. The van der Waals surface area contributed by atoms with Gasteiger partial charge in [-0.25, -0.2) is 4.57 Å². The molecule has 470 valence electrons. The monoisotopic (exact) mass is 1150 g/mol. The molecule has 0 aromatic carbocycles. The van der Waals surface area contributed by atoms with Crippen molar-refractivity contribution in [2.75, 3.05) is 40.9 Å². The van der Waals surface area contributed by atoms with Crippen LogP contribution >= 0.6 is 7.82 Å². The number of hydrogen-bond acceptors (Lipinski definition) is 5. The van der Waals surface area contributed by atoms with E-state index in [9.17, 15) is 19.4 Å². The van der Waals surface area contributed by atoms with E-state index in [-0.39, 0.29) is 19.1 Å². The molecule has 0 aromatic heterocycles. The summed E-state index contributed by atoms with van der Waals surface area (Å²) >= 11 is 0. The third kappa shape index (κ3) is 64.8. The number of aliphatic hydroxyl groups excluding tert-OH is 1. The van der Waals surface area contributed by atoms with Crippen LogP contribution in [0, 0.1) is 0 Å². The number of unbranched alkanes of at least 4 members (excludes halogenated alkanes) is 33. The van der Waals surface area contributed by atoms with Crippen LogP contribution in [0.2, 0.25) is 0 Å². The fourth-order valence-corrected chi connectivity index (χ4v) is 10.6. The molecule has 0 aliphatic carbocycles. The molecule has 0 saturated heterocycles. The van der Waals surface area contributed by atoms with Crippen LogP contribution in [-0.4, -0.2) is 73.4 Å². The standard InChI is InChI=1S/C72H131N2O6P/c1-6-8-10-12-14-16-18-20-22-24-26-28-30-32-34-35-36-37-38-40-41-43-45-47-49-51-53-55-57-59-61-63-65-71(75)70(69-80-81(77,78)79-68-67-74(3,4)5)73-72(76)66-64-62-60-58-56-54-52-50-48-46-44-42-39-33-31-29-27-25-23-21-19-17-15-13-11-9-7-2/h9,11,15,17,21,23,27,29,33,39,44,46,50,52,56,58,70-71,75H,6-8,10,12-14,16,18-20,22,24-26,28,30-32,34-38,40-43,45,47-49,51,53-55,57,59-69H2,1-5H3,(H-,73,76,77,78)/p+1/b11-9-,17-15-,23-21-,29-27-,39-33-,46-44-,52-50-,58-56-. The molecule has 0 bridgehead atoms. The van der Waals surface area contributed by atoms with Gasteiger partial charge in [-0.05, 0) is 77.0 Å². The lowest BCUT2D eigenvalue weighted by Crippen LogP contribution is -2.46. The number of phosphoric ester groups is 1. The summed E-state index contributed by atoms with van der Waals surface area (Å²) in [6.07, 6.45) is 89.4. The second kappa shape index (κ2) is 62.0. The largest absolute Gasteiger partial charge is 0.472 e. The molecule has 1 amide bonds. The highest BCUT2D eigenvalue weighted by Gasteiger charge is 2.28. The van der Waals surface area contributed by atoms with Crippen molar-refractivity contribution in [2.45, 2.75) is 315 Å². The highest BCUT2D eigenvalue weighted by molar-refractivity contribution is 7.47. The molecule has 3 N–H and O–H groups in total. The van der Waals surface area contributed by atoms with E-state index in [4.69, 9.17) is 9.05 Å². The molecule has 3 unspecified atom stereocenters. The number of nitrogens with zero attached hydrogens (tertiary/aromatic N) is 1. The minimum Gasteiger partial charge on any atom is -0.391 e. The van der Waals surface area contributed by atoms with Crippen LogP contribution in [0.15, 0.2) is 97.2 Å². The maximum atomic E-state index is 13.0. The van der Waals surface area contributed by atoms with Gasteiger partial charge in [0.1, 0.15) is 13.2 Å². The number of amides is 1. The van der Waals surface area contributed by atoms with Crippen molar-refractivity contribution in [1.29, 1.82) is 0 Å². The fourth-order valence-electron chi connectivity index (χ4n) is 9.83. The highest BCUT2D eigenvalue weighted by Crippen LogP contribution is 2.43. The smallest absolute Gasteiger partial charge is 0.391 e. The Morgan fingerprint density at radius 1 is 0.432 bits per heavy atom. The molecule has 0 aliphatic rings. The normalized spacial score (nSPS) is 14.3. The van der Waals surface area contributed by atoms with Crippen LogP contribution < -0.4 is 5.32 Å². The summed E-state index contributed by atoms with van der Waals surface area (Å²) in [6, 6.07) is -0.794. The SMILES string of the molecule is CC/C=C\C/C=C\C/C=C\C/C=C\C/C=C\C/C=C\C/C=C\C/C=C\CCCCC(=O)NC(COP(=O)(O)OCC[N+](C)(C)C)C(O)CCCCCCCCCCCCCCCCCCCCCCCCCCCCCCCCCC. The molecule has 9 heteroatoms. The zero-order valence-corrected chi connectivity index (χ0v) is 54.6. The minimum atomic E-state index is -4.35. The molecule has 0 radical (unpaired) electrons. The van der Waals surface area contributed by atoms with Crippen LogP contribution in [0.5, 0.6) is 0 Å². The van der Waals surface area contributed by atoms with E-state index in [1.807, 2.05) is 21.1 Å². The van der Waals surface area contributed by atoms with Gasteiger partial charge in [0.15, 0.2) is 0 Å². The Labute approximate surface area is 502 Å². The molecule has 0 spiro atoms. The summed E-state index contributed by atoms with van der Waals surface area (Å²) in [7, 11) is 1.58. The van der Waals surface area contributed by atoms with Crippen LogP contribution in [0.4, 0.5) is 0 Å². The average molecular weight is 1150 g/mol. The third-order valence-corrected chi connectivity index (χ3v) is 16.1. The molecular weight excluding hydrogens is 1020 g/mol. The van der Waals surface area contributed by atoms with Gasteiger partial charge < -0.3 is 19.8 Å². The summed E-state index contributed by atoms with van der Waals surface area (Å²) in [5, 5.41) is 14.1. The van der Waals surface area contributed by atoms with Crippen molar-refractivity contribution < 1.29 is 32.9 Å². The first-order valence-corrected chi connectivity index (χ1v) is 35.6. The molecule has 0 saturated carbocycles. The highest BCUT2D eigenvalue weighted by atomic mass is 31.2. The molecule has 8 nitrogen and oxygen atoms in total. The van der Waals surface area contributed by atoms with Gasteiger partial charge in [-0.15, -0.1) is 0 Å². The first kappa shape index (κ1) is 78.4. The molecular formula is C72H132N2O6P+. The van der Waals surface area contributed by atoms with E-state index in [1.54, 1.807) is 0 Å². The van der Waals surface area contributed by atoms with Gasteiger partial charge in [0.25, 0.3) is 0 Å². The van der Waals surface area contributed by atoms with Crippen molar-refractivity contribution in [3.8, 4) is 0 Å². The Morgan fingerprint density at radius 3 is 1.06 bits per heavy atom.